The van der Waals surface area contributed by atoms with Crippen LogP contribution in [0.4, 0.5) is 5.95 Å². The smallest absolute Gasteiger partial charge is 0.222 e. The van der Waals surface area contributed by atoms with Crippen molar-refractivity contribution in [1.29, 1.82) is 0 Å². The van der Waals surface area contributed by atoms with Gasteiger partial charge in [-0.2, -0.15) is 0 Å². The van der Waals surface area contributed by atoms with E-state index in [9.17, 15) is 0 Å². The molecule has 0 aliphatic carbocycles. The maximum atomic E-state index is 9.09. The molecule has 0 bridgehead atoms. The quantitative estimate of drug-likeness (QED) is 0.836. The molecular weight excluding hydrogens is 256 g/mol. The fourth-order valence-corrected chi connectivity index (χ4v) is 3.30. The van der Waals surface area contributed by atoms with Crippen LogP contribution in [0.2, 0.25) is 0 Å². The highest BCUT2D eigenvalue weighted by atomic mass is 16.5. The maximum Gasteiger partial charge on any atom is 0.222 e. The van der Waals surface area contributed by atoms with Gasteiger partial charge in [-0.3, -0.25) is 4.90 Å². The highest BCUT2D eigenvalue weighted by Crippen LogP contribution is 2.35. The predicted molar refractivity (Wildman–Crippen MR) is 75.5 cm³/mol. The number of aromatic nitrogens is 2. The van der Waals surface area contributed by atoms with Gasteiger partial charge in [0.2, 0.25) is 5.95 Å². The molecule has 3 heterocycles. The van der Waals surface area contributed by atoms with Gasteiger partial charge >= 0.3 is 0 Å². The van der Waals surface area contributed by atoms with Crippen molar-refractivity contribution in [3.63, 3.8) is 0 Å². The van der Waals surface area contributed by atoms with Crippen LogP contribution in [0.25, 0.3) is 0 Å². The average Bonchev–Trinajstić information content (AvgIpc) is 2.83. The summed E-state index contributed by atoms with van der Waals surface area (Å²) in [6.07, 6.45) is 6.69. The minimum atomic E-state index is -0.0557. The van der Waals surface area contributed by atoms with Crippen molar-refractivity contribution in [3.8, 4) is 0 Å². The Bertz CT molecular complexity index is 428. The van der Waals surface area contributed by atoms with Gasteiger partial charge in [0.25, 0.3) is 0 Å². The molecule has 2 N–H and O–H groups in total. The molecule has 6 nitrogen and oxygen atoms in total. The Labute approximate surface area is 119 Å². The number of nitrogens with one attached hydrogen (secondary N) is 1. The fraction of sp³-hybridized carbons (Fsp3) is 0.714. The van der Waals surface area contributed by atoms with Gasteiger partial charge in [0, 0.05) is 31.9 Å². The summed E-state index contributed by atoms with van der Waals surface area (Å²) in [5, 5.41) is 12.4. The third-order valence-electron chi connectivity index (χ3n) is 4.14. The third kappa shape index (κ3) is 3.08. The van der Waals surface area contributed by atoms with Crippen molar-refractivity contribution in [2.45, 2.75) is 30.9 Å². The number of β-amino-alcohol motifs (C(OH)–C–C–N with tert-alkyl or cyclic N) is 1. The summed E-state index contributed by atoms with van der Waals surface area (Å²) >= 11 is 0. The zero-order chi connectivity index (χ0) is 13.8. The lowest BCUT2D eigenvalue weighted by Gasteiger charge is -2.39. The molecule has 2 aliphatic rings. The number of rotatable bonds is 4. The number of hydrogen-bond acceptors (Lipinski definition) is 6. The molecule has 2 fully saturated rings. The average molecular weight is 278 g/mol. The molecule has 110 valence electrons. The van der Waals surface area contributed by atoms with Crippen LogP contribution in [0.1, 0.15) is 19.3 Å². The van der Waals surface area contributed by atoms with Crippen LogP contribution in [0.3, 0.4) is 0 Å². The molecule has 0 unspecified atom stereocenters. The number of anilines is 1. The summed E-state index contributed by atoms with van der Waals surface area (Å²) in [6, 6.07) is 2.08. The van der Waals surface area contributed by atoms with Gasteiger partial charge in [-0.25, -0.2) is 9.97 Å². The molecule has 1 aromatic rings. The van der Waals surface area contributed by atoms with E-state index in [0.717, 1.165) is 38.9 Å². The Hall–Kier alpha value is -1.24. The first-order valence-electron chi connectivity index (χ1n) is 7.30. The van der Waals surface area contributed by atoms with Crippen molar-refractivity contribution in [2.24, 2.45) is 0 Å². The highest BCUT2D eigenvalue weighted by molar-refractivity contribution is 5.25. The molecule has 6 heteroatoms. The maximum absolute atomic E-state index is 9.09. The van der Waals surface area contributed by atoms with Crippen molar-refractivity contribution in [3.05, 3.63) is 18.5 Å². The molecule has 0 radical (unpaired) electrons. The summed E-state index contributed by atoms with van der Waals surface area (Å²) in [7, 11) is 0. The second-order valence-corrected chi connectivity index (χ2v) is 5.72. The van der Waals surface area contributed by atoms with E-state index in [0.29, 0.717) is 12.6 Å². The number of ether oxygens (including phenoxy) is 1. The van der Waals surface area contributed by atoms with E-state index in [2.05, 4.69) is 20.2 Å². The van der Waals surface area contributed by atoms with Crippen molar-refractivity contribution in [2.75, 3.05) is 38.2 Å². The van der Waals surface area contributed by atoms with Crippen LogP contribution in [-0.4, -0.2) is 64.5 Å². The number of piperidine rings is 1. The Morgan fingerprint density at radius 2 is 2.30 bits per heavy atom. The SMILES string of the molecule is OCCN1CCC[C@]2(C[C@@H](Nc3ncccn3)CO2)C1. The summed E-state index contributed by atoms with van der Waals surface area (Å²) in [5.74, 6) is 0.668. The number of hydrogen-bond donors (Lipinski definition) is 2. The van der Waals surface area contributed by atoms with Crippen LogP contribution >= 0.6 is 0 Å². The molecular formula is C14H22N4O2. The third-order valence-corrected chi connectivity index (χ3v) is 4.14. The van der Waals surface area contributed by atoms with Crippen LogP contribution in [0.15, 0.2) is 18.5 Å². The monoisotopic (exact) mass is 278 g/mol. The summed E-state index contributed by atoms with van der Waals surface area (Å²) in [6.45, 7) is 3.64. The molecule has 20 heavy (non-hydrogen) atoms. The highest BCUT2D eigenvalue weighted by Gasteiger charge is 2.43. The first kappa shape index (κ1) is 13.7. The lowest BCUT2D eigenvalue weighted by Crippen LogP contribution is -2.48. The molecule has 1 aromatic heterocycles. The Morgan fingerprint density at radius 1 is 1.45 bits per heavy atom. The number of aliphatic hydroxyl groups excluding tert-OH is 1. The van der Waals surface area contributed by atoms with Crippen molar-refractivity contribution in [1.82, 2.24) is 14.9 Å². The molecule has 0 aromatic carbocycles. The molecule has 0 saturated carbocycles. The van der Waals surface area contributed by atoms with Gasteiger partial charge in [0.05, 0.1) is 24.9 Å². The molecule has 2 atom stereocenters. The van der Waals surface area contributed by atoms with Crippen LogP contribution in [-0.2, 0) is 4.74 Å². The standard InChI is InChI=1S/C14H22N4O2/c19-8-7-18-6-1-3-14(11-18)9-12(10-20-14)17-13-15-4-2-5-16-13/h2,4-5,12,19H,1,3,6-11H2,(H,15,16,17)/t12-,14+/m1/s1. The van der Waals surface area contributed by atoms with Gasteiger partial charge < -0.3 is 15.2 Å². The van der Waals surface area contributed by atoms with Crippen LogP contribution in [0.5, 0.6) is 0 Å². The summed E-state index contributed by atoms with van der Waals surface area (Å²) in [4.78, 5) is 10.7. The number of likely N-dealkylation sites (tertiary alicyclic amines) is 1. The van der Waals surface area contributed by atoms with Crippen LogP contribution < -0.4 is 5.32 Å². The largest absolute Gasteiger partial charge is 0.395 e. The Morgan fingerprint density at radius 3 is 3.10 bits per heavy atom. The zero-order valence-corrected chi connectivity index (χ0v) is 11.7. The summed E-state index contributed by atoms with van der Waals surface area (Å²) < 4.78 is 6.10. The Balaban J connectivity index is 1.58. The van der Waals surface area contributed by atoms with Gasteiger partial charge in [0.15, 0.2) is 0 Å². The van der Waals surface area contributed by atoms with E-state index < -0.39 is 0 Å². The number of aliphatic hydroxyl groups is 1. The van der Waals surface area contributed by atoms with E-state index in [1.165, 1.54) is 0 Å². The molecule has 0 amide bonds. The first-order valence-corrected chi connectivity index (χ1v) is 7.30. The van der Waals surface area contributed by atoms with E-state index in [4.69, 9.17) is 9.84 Å². The van der Waals surface area contributed by atoms with Gasteiger partial charge in [0.1, 0.15) is 0 Å². The minimum absolute atomic E-state index is 0.0557. The van der Waals surface area contributed by atoms with E-state index in [1.54, 1.807) is 12.4 Å². The second-order valence-electron chi connectivity index (χ2n) is 5.72. The molecule has 2 saturated heterocycles. The lowest BCUT2D eigenvalue weighted by atomic mass is 9.89. The molecule has 1 spiro atoms. The lowest BCUT2D eigenvalue weighted by molar-refractivity contribution is -0.0536. The Kier molecular flexibility index (Phi) is 4.14. The van der Waals surface area contributed by atoms with E-state index in [-0.39, 0.29) is 18.2 Å². The topological polar surface area (TPSA) is 70.5 Å². The zero-order valence-electron chi connectivity index (χ0n) is 11.7. The van der Waals surface area contributed by atoms with Crippen molar-refractivity contribution < 1.29 is 9.84 Å². The first-order chi connectivity index (χ1) is 9.80. The molecule has 3 rings (SSSR count). The minimum Gasteiger partial charge on any atom is -0.395 e. The van der Waals surface area contributed by atoms with Gasteiger partial charge in [-0.15, -0.1) is 0 Å². The van der Waals surface area contributed by atoms with Crippen LogP contribution in [0, 0.1) is 0 Å². The number of nitrogens with zero attached hydrogens (tertiary/aromatic N) is 3. The molecule has 2 aliphatic heterocycles. The fourth-order valence-electron chi connectivity index (χ4n) is 3.30. The van der Waals surface area contributed by atoms with Gasteiger partial charge in [-0.05, 0) is 25.5 Å². The predicted octanol–water partition coefficient (Wildman–Crippen LogP) is 0.504. The second kappa shape index (κ2) is 6.03. The summed E-state index contributed by atoms with van der Waals surface area (Å²) in [5.41, 5.74) is -0.0557. The van der Waals surface area contributed by atoms with E-state index in [1.807, 2.05) is 6.07 Å². The van der Waals surface area contributed by atoms with Gasteiger partial charge in [-0.1, -0.05) is 0 Å². The normalized spacial score (nSPS) is 30.8. The van der Waals surface area contributed by atoms with Crippen molar-refractivity contribution >= 4 is 5.95 Å². The van der Waals surface area contributed by atoms with E-state index >= 15 is 0 Å².